The fourth-order valence-electron chi connectivity index (χ4n) is 4.72. The van der Waals surface area contributed by atoms with Crippen LogP contribution >= 0.6 is 11.3 Å². The molecule has 1 fully saturated rings. The number of thiophene rings is 1. The van der Waals surface area contributed by atoms with Crippen molar-refractivity contribution in [1.29, 1.82) is 0 Å². The number of hydrogen-bond donors (Lipinski definition) is 1. The second kappa shape index (κ2) is 9.31. The summed E-state index contributed by atoms with van der Waals surface area (Å²) in [5.74, 6) is -0.0755. The van der Waals surface area contributed by atoms with Gasteiger partial charge in [-0.3, -0.25) is 9.59 Å². The lowest BCUT2D eigenvalue weighted by atomic mass is 10.00. The Hall–Kier alpha value is -2.18. The molecule has 160 valence electrons. The van der Waals surface area contributed by atoms with Crippen molar-refractivity contribution in [2.75, 3.05) is 19.6 Å². The number of fused-ring (bicyclic) bond motifs is 3. The van der Waals surface area contributed by atoms with E-state index in [-0.39, 0.29) is 11.5 Å². The number of aryl methyl sites for hydroxylation is 1. The molecular formula is C24H31N3O2S. The number of carbonyl (C=O) groups excluding carboxylic acids is 1. The average molecular weight is 426 g/mol. The number of pyridine rings is 1. The van der Waals surface area contributed by atoms with E-state index in [9.17, 15) is 9.59 Å². The molecule has 1 aliphatic heterocycles. The number of aromatic nitrogens is 1. The van der Waals surface area contributed by atoms with Crippen molar-refractivity contribution >= 4 is 38.2 Å². The highest BCUT2D eigenvalue weighted by atomic mass is 32.1. The number of nitrogens with one attached hydrogen (secondary N) is 1. The van der Waals surface area contributed by atoms with Gasteiger partial charge in [0.05, 0.1) is 15.8 Å². The normalized spacial score (nSPS) is 17.6. The van der Waals surface area contributed by atoms with Crippen molar-refractivity contribution in [2.45, 2.75) is 58.5 Å². The number of nitrogens with zero attached hydrogens (tertiary/aromatic N) is 2. The molecule has 3 aromatic rings. The number of hydrogen-bond acceptors (Lipinski definition) is 4. The Morgan fingerprint density at radius 1 is 1.20 bits per heavy atom. The third-order valence-corrected chi connectivity index (χ3v) is 7.48. The van der Waals surface area contributed by atoms with Crippen molar-refractivity contribution in [1.82, 2.24) is 14.8 Å². The van der Waals surface area contributed by atoms with Gasteiger partial charge in [0, 0.05) is 35.8 Å². The standard InChI is InChI=1S/C24H31N3O2S/c1-3-17-10-7-8-14-26(17)15-9-13-25-23(28)21-16-19-22(30-21)18-11-5-6-12-20(18)27(4-2)24(19)29/h5-6,11-12,16-17H,3-4,7-10,13-15H2,1-2H3,(H,25,28)/t17-/m1/s1. The number of amides is 1. The smallest absolute Gasteiger partial charge is 0.261 e. The van der Waals surface area contributed by atoms with Gasteiger partial charge in [-0.15, -0.1) is 11.3 Å². The van der Waals surface area contributed by atoms with Crippen LogP contribution < -0.4 is 10.9 Å². The first-order chi connectivity index (χ1) is 14.6. The zero-order chi connectivity index (χ0) is 21.1. The van der Waals surface area contributed by atoms with Gasteiger partial charge in [-0.05, 0) is 51.3 Å². The quantitative estimate of drug-likeness (QED) is 0.562. The summed E-state index contributed by atoms with van der Waals surface area (Å²) in [4.78, 5) is 28.9. The monoisotopic (exact) mass is 425 g/mol. The van der Waals surface area contributed by atoms with Crippen LogP contribution in [-0.2, 0) is 6.54 Å². The highest BCUT2D eigenvalue weighted by Gasteiger charge is 2.20. The minimum Gasteiger partial charge on any atom is -0.351 e. The molecule has 0 bridgehead atoms. The average Bonchev–Trinajstić information content (AvgIpc) is 3.23. The van der Waals surface area contributed by atoms with Crippen molar-refractivity contribution in [3.05, 3.63) is 45.6 Å². The second-order valence-corrected chi connectivity index (χ2v) is 9.18. The van der Waals surface area contributed by atoms with Crippen molar-refractivity contribution in [3.63, 3.8) is 0 Å². The summed E-state index contributed by atoms with van der Waals surface area (Å²) in [7, 11) is 0. The van der Waals surface area contributed by atoms with E-state index in [4.69, 9.17) is 0 Å². The molecule has 30 heavy (non-hydrogen) atoms. The Kier molecular flexibility index (Phi) is 6.54. The molecule has 1 amide bonds. The number of piperidine rings is 1. The minimum atomic E-state index is -0.0755. The molecule has 3 heterocycles. The SMILES string of the molecule is CC[C@@H]1CCCCN1CCCNC(=O)c1cc2c(=O)n(CC)c3ccccc3c2s1. The third-order valence-electron chi connectivity index (χ3n) is 6.32. The van der Waals surface area contributed by atoms with Crippen LogP contribution in [0.15, 0.2) is 35.1 Å². The van der Waals surface area contributed by atoms with Crippen molar-refractivity contribution in [3.8, 4) is 0 Å². The Balaban J connectivity index is 1.47. The van der Waals surface area contributed by atoms with Gasteiger partial charge < -0.3 is 14.8 Å². The first-order valence-electron chi connectivity index (χ1n) is 11.2. The fourth-order valence-corrected chi connectivity index (χ4v) is 5.82. The molecule has 0 spiro atoms. The van der Waals surface area contributed by atoms with E-state index in [0.717, 1.165) is 28.6 Å². The Morgan fingerprint density at radius 3 is 2.83 bits per heavy atom. The van der Waals surface area contributed by atoms with E-state index < -0.39 is 0 Å². The molecule has 4 rings (SSSR count). The Bertz CT molecular complexity index is 1100. The second-order valence-electron chi connectivity index (χ2n) is 8.12. The largest absolute Gasteiger partial charge is 0.351 e. The Labute approximate surface area is 181 Å². The number of likely N-dealkylation sites (tertiary alicyclic amines) is 1. The molecule has 5 nitrogen and oxygen atoms in total. The molecule has 1 N–H and O–H groups in total. The van der Waals surface area contributed by atoms with Crippen LogP contribution in [0.25, 0.3) is 21.0 Å². The fraction of sp³-hybridized carbons (Fsp3) is 0.500. The molecule has 6 heteroatoms. The van der Waals surface area contributed by atoms with E-state index >= 15 is 0 Å². The zero-order valence-corrected chi connectivity index (χ0v) is 18.8. The maximum absolute atomic E-state index is 12.9. The predicted octanol–water partition coefficient (Wildman–Crippen LogP) is 4.62. The topological polar surface area (TPSA) is 54.3 Å². The van der Waals surface area contributed by atoms with Gasteiger partial charge in [-0.25, -0.2) is 0 Å². The molecular weight excluding hydrogens is 394 g/mol. The summed E-state index contributed by atoms with van der Waals surface area (Å²) in [6, 6.07) is 10.4. The summed E-state index contributed by atoms with van der Waals surface area (Å²) in [5.41, 5.74) is 0.913. The van der Waals surface area contributed by atoms with Crippen molar-refractivity contribution < 1.29 is 4.79 Å². The number of rotatable bonds is 7. The van der Waals surface area contributed by atoms with E-state index in [1.54, 1.807) is 10.6 Å². The first kappa shape index (κ1) is 21.1. The van der Waals surface area contributed by atoms with Crippen LogP contribution in [0.5, 0.6) is 0 Å². The maximum atomic E-state index is 12.9. The van der Waals surface area contributed by atoms with Gasteiger partial charge in [-0.2, -0.15) is 0 Å². The highest BCUT2D eigenvalue weighted by molar-refractivity contribution is 7.21. The van der Waals surface area contributed by atoms with Crippen molar-refractivity contribution in [2.24, 2.45) is 0 Å². The van der Waals surface area contributed by atoms with Crippen LogP contribution in [-0.4, -0.2) is 41.1 Å². The van der Waals surface area contributed by atoms with E-state index in [0.29, 0.717) is 29.4 Å². The Morgan fingerprint density at radius 2 is 2.03 bits per heavy atom. The molecule has 0 saturated carbocycles. The summed E-state index contributed by atoms with van der Waals surface area (Å²) in [6.07, 6.45) is 6.09. The molecule has 2 aromatic heterocycles. The molecule has 1 atom stereocenters. The summed E-state index contributed by atoms with van der Waals surface area (Å²) in [6.45, 7) is 7.74. The maximum Gasteiger partial charge on any atom is 0.261 e. The summed E-state index contributed by atoms with van der Waals surface area (Å²) >= 11 is 1.42. The lowest BCUT2D eigenvalue weighted by molar-refractivity contribution is 0.0951. The van der Waals surface area contributed by atoms with E-state index in [2.05, 4.69) is 17.1 Å². The number of benzene rings is 1. The zero-order valence-electron chi connectivity index (χ0n) is 17.9. The minimum absolute atomic E-state index is 0.0165. The predicted molar refractivity (Wildman–Crippen MR) is 126 cm³/mol. The summed E-state index contributed by atoms with van der Waals surface area (Å²) in [5, 5.41) is 4.74. The first-order valence-corrected chi connectivity index (χ1v) is 12.0. The third kappa shape index (κ3) is 4.03. The van der Waals surface area contributed by atoms with Crippen LogP contribution in [0.4, 0.5) is 0 Å². The van der Waals surface area contributed by atoms with E-state index in [1.165, 1.54) is 43.6 Å². The molecule has 1 saturated heterocycles. The van der Waals surface area contributed by atoms with Gasteiger partial charge >= 0.3 is 0 Å². The molecule has 1 aliphatic rings. The molecule has 0 radical (unpaired) electrons. The molecule has 1 aromatic carbocycles. The number of carbonyl (C=O) groups is 1. The van der Waals surface area contributed by atoms with Gasteiger partial charge in [0.1, 0.15) is 0 Å². The lowest BCUT2D eigenvalue weighted by Crippen LogP contribution is -2.40. The van der Waals surface area contributed by atoms with Crippen LogP contribution in [0, 0.1) is 0 Å². The van der Waals surface area contributed by atoms with Crippen LogP contribution in [0.3, 0.4) is 0 Å². The number of para-hydroxylation sites is 1. The van der Waals surface area contributed by atoms with Gasteiger partial charge in [0.2, 0.25) is 0 Å². The highest BCUT2D eigenvalue weighted by Crippen LogP contribution is 2.30. The lowest BCUT2D eigenvalue weighted by Gasteiger charge is -2.35. The summed E-state index contributed by atoms with van der Waals surface area (Å²) < 4.78 is 2.69. The van der Waals surface area contributed by atoms with Crippen LogP contribution in [0.1, 0.15) is 55.6 Å². The van der Waals surface area contributed by atoms with Gasteiger partial charge in [-0.1, -0.05) is 31.5 Å². The van der Waals surface area contributed by atoms with Crippen LogP contribution in [0.2, 0.25) is 0 Å². The molecule has 0 unspecified atom stereocenters. The van der Waals surface area contributed by atoms with E-state index in [1.807, 2.05) is 31.2 Å². The van der Waals surface area contributed by atoms with Gasteiger partial charge in [0.15, 0.2) is 0 Å². The van der Waals surface area contributed by atoms with Gasteiger partial charge in [0.25, 0.3) is 11.5 Å². The molecule has 0 aliphatic carbocycles.